The molecular weight excluding hydrogens is 572 g/mol. The number of methoxy groups -OCH3 is 1. The van der Waals surface area contributed by atoms with Gasteiger partial charge in [0.05, 0.1) is 26.1 Å². The van der Waals surface area contributed by atoms with E-state index in [0.29, 0.717) is 18.3 Å². The molecule has 8 heteroatoms. The Kier molecular flexibility index (Phi) is 10.2. The van der Waals surface area contributed by atoms with E-state index in [2.05, 4.69) is 52.0 Å². The van der Waals surface area contributed by atoms with E-state index in [-0.39, 0.29) is 24.7 Å². The number of ether oxygens (including phenoxy) is 3. The maximum atomic E-state index is 12.8. The third-order valence-corrected chi connectivity index (χ3v) is 12.2. The molecule has 0 aliphatic heterocycles. The first kappa shape index (κ1) is 35.4. The number of aliphatic hydroxyl groups is 2. The lowest BCUT2D eigenvalue weighted by Crippen LogP contribution is -2.63. The molecule has 0 amide bonds. The van der Waals surface area contributed by atoms with E-state index in [0.717, 1.165) is 43.3 Å². The van der Waals surface area contributed by atoms with E-state index in [1.165, 1.54) is 25.2 Å². The largest absolute Gasteiger partial charge is 0.469 e. The summed E-state index contributed by atoms with van der Waals surface area (Å²) in [4.78, 5) is 37.1. The second-order valence-corrected chi connectivity index (χ2v) is 15.5. The van der Waals surface area contributed by atoms with Gasteiger partial charge in [-0.05, 0) is 89.7 Å². The number of rotatable bonds is 10. The third-order valence-electron chi connectivity index (χ3n) is 12.2. The van der Waals surface area contributed by atoms with Crippen molar-refractivity contribution in [2.75, 3.05) is 7.11 Å². The van der Waals surface area contributed by atoms with E-state index < -0.39 is 58.6 Å². The molecule has 3 unspecified atom stereocenters. The van der Waals surface area contributed by atoms with Crippen molar-refractivity contribution in [2.24, 2.45) is 39.9 Å². The number of aliphatic hydroxyl groups excluding tert-OH is 2. The molecule has 0 aromatic carbocycles. The molecule has 4 aliphatic carbocycles. The summed E-state index contributed by atoms with van der Waals surface area (Å²) in [7, 11) is 1.27. The lowest BCUT2D eigenvalue weighted by molar-refractivity contribution is -0.194. The zero-order chi connectivity index (χ0) is 33.6. The Hall–Kier alpha value is -2.45. The fraction of sp³-hybridized carbons (Fsp3) is 0.757. The van der Waals surface area contributed by atoms with Crippen LogP contribution in [0.5, 0.6) is 0 Å². The Balaban J connectivity index is 1.73. The summed E-state index contributed by atoms with van der Waals surface area (Å²) >= 11 is 0. The fourth-order valence-corrected chi connectivity index (χ4v) is 9.66. The van der Waals surface area contributed by atoms with Gasteiger partial charge in [0.25, 0.3) is 0 Å². The van der Waals surface area contributed by atoms with Crippen LogP contribution in [0.15, 0.2) is 34.9 Å². The molecule has 0 aromatic heterocycles. The number of allylic oxidation sites excluding steroid dienone is 3. The van der Waals surface area contributed by atoms with Gasteiger partial charge in [-0.1, -0.05) is 66.7 Å². The first-order valence-electron chi connectivity index (χ1n) is 16.8. The number of esters is 3. The summed E-state index contributed by atoms with van der Waals surface area (Å²) in [6.45, 7) is 20.6. The topological polar surface area (TPSA) is 119 Å². The first-order valence-corrected chi connectivity index (χ1v) is 16.8. The van der Waals surface area contributed by atoms with Crippen molar-refractivity contribution < 1.29 is 38.8 Å². The van der Waals surface area contributed by atoms with Gasteiger partial charge in [-0.25, -0.2) is 0 Å². The minimum atomic E-state index is -1.04. The molecule has 0 spiro atoms. The molecule has 0 aromatic rings. The zero-order valence-electron chi connectivity index (χ0n) is 28.9. The molecule has 1 saturated carbocycles. The highest BCUT2D eigenvalue weighted by molar-refractivity contribution is 5.77. The van der Waals surface area contributed by atoms with Crippen LogP contribution in [0.4, 0.5) is 0 Å². The Morgan fingerprint density at radius 1 is 1.02 bits per heavy atom. The van der Waals surface area contributed by atoms with Crippen LogP contribution in [0.2, 0.25) is 0 Å². The summed E-state index contributed by atoms with van der Waals surface area (Å²) in [6, 6.07) is 0. The second kappa shape index (κ2) is 13.0. The molecule has 4 rings (SSSR count). The molecule has 0 radical (unpaired) electrons. The van der Waals surface area contributed by atoms with Crippen molar-refractivity contribution in [2.45, 2.75) is 131 Å². The Bertz CT molecular complexity index is 1260. The molecular formula is C37H56O8. The van der Waals surface area contributed by atoms with E-state index >= 15 is 0 Å². The summed E-state index contributed by atoms with van der Waals surface area (Å²) in [6.07, 6.45) is 3.14. The van der Waals surface area contributed by atoms with E-state index in [1.54, 1.807) is 0 Å². The number of hydrogen-bond acceptors (Lipinski definition) is 8. The van der Waals surface area contributed by atoms with E-state index in [1.807, 2.05) is 13.8 Å². The predicted molar refractivity (Wildman–Crippen MR) is 172 cm³/mol. The first-order chi connectivity index (χ1) is 20.9. The molecule has 252 valence electrons. The molecule has 0 saturated heterocycles. The van der Waals surface area contributed by atoms with Gasteiger partial charge in [0, 0.05) is 12.3 Å². The van der Waals surface area contributed by atoms with Gasteiger partial charge in [0.2, 0.25) is 0 Å². The van der Waals surface area contributed by atoms with Gasteiger partial charge >= 0.3 is 17.9 Å². The minimum absolute atomic E-state index is 0.0143. The lowest BCUT2D eigenvalue weighted by atomic mass is 9.45. The summed E-state index contributed by atoms with van der Waals surface area (Å²) in [5, 5.41) is 23.9. The van der Waals surface area contributed by atoms with Crippen molar-refractivity contribution in [1.29, 1.82) is 0 Å². The highest BCUT2D eigenvalue weighted by Gasteiger charge is 2.65. The molecule has 2 N–H and O–H groups in total. The van der Waals surface area contributed by atoms with Crippen molar-refractivity contribution >= 4 is 17.9 Å². The average molecular weight is 629 g/mol. The van der Waals surface area contributed by atoms with Crippen molar-refractivity contribution in [3.63, 3.8) is 0 Å². The van der Waals surface area contributed by atoms with Crippen LogP contribution >= 0.6 is 0 Å². The molecule has 0 bridgehead atoms. The van der Waals surface area contributed by atoms with Gasteiger partial charge in [0.15, 0.2) is 0 Å². The van der Waals surface area contributed by atoms with E-state index in [4.69, 9.17) is 9.47 Å². The van der Waals surface area contributed by atoms with Crippen molar-refractivity contribution in [1.82, 2.24) is 0 Å². The highest BCUT2D eigenvalue weighted by atomic mass is 16.6. The molecule has 9 atom stereocenters. The van der Waals surface area contributed by atoms with Crippen molar-refractivity contribution in [3.05, 3.63) is 34.9 Å². The Labute approximate surface area is 269 Å². The zero-order valence-corrected chi connectivity index (χ0v) is 28.9. The second-order valence-electron chi connectivity index (χ2n) is 15.5. The van der Waals surface area contributed by atoms with Gasteiger partial charge in [-0.3, -0.25) is 14.4 Å². The van der Waals surface area contributed by atoms with Gasteiger partial charge in [0.1, 0.15) is 18.3 Å². The SMILES string of the molecule is C=C(CC[C@@H](C)[C@H]1CC=C2C3=C([C@@H](O)[C@H](OC(C)=O)C21C)C1(C)C[C@@H](OC(=O)CCC(=O)OC)[C@H](O)C(C)(C)C1CC3)C(C)C. The number of fused-ring (bicyclic) bond motifs is 4. The quantitative estimate of drug-likeness (QED) is 0.166. The Morgan fingerprint density at radius 2 is 1.67 bits per heavy atom. The molecule has 0 heterocycles. The number of hydrogen-bond donors (Lipinski definition) is 2. The standard InChI is InChI=1S/C37H56O8/c1-20(2)21(3)11-12-22(4)25-14-15-26-24-13-16-28-35(6,7)33(42)27(45-30(40)18-17-29(39)43-10)19-36(28,8)31(24)32(41)34(37(25,26)9)44-23(5)38/h15,20,22,25,27-28,32-34,41-42H,3,11-14,16-19H2,1-2,4-10H3/t22-,25-,27-,28?,32-,33+,34+,36?,37?/m1/s1. The van der Waals surface area contributed by atoms with Crippen LogP contribution < -0.4 is 0 Å². The monoisotopic (exact) mass is 628 g/mol. The maximum Gasteiger partial charge on any atom is 0.306 e. The number of carbonyl (C=O) groups excluding carboxylic acids is 3. The molecule has 1 fully saturated rings. The number of carbonyl (C=O) groups is 3. The molecule has 4 aliphatic rings. The predicted octanol–water partition coefficient (Wildman–Crippen LogP) is 6.24. The van der Waals surface area contributed by atoms with Gasteiger partial charge in [-0.15, -0.1) is 0 Å². The summed E-state index contributed by atoms with van der Waals surface area (Å²) < 4.78 is 16.6. The van der Waals surface area contributed by atoms with E-state index in [9.17, 15) is 24.6 Å². The summed E-state index contributed by atoms with van der Waals surface area (Å²) in [5.41, 5.74) is 2.55. The maximum absolute atomic E-state index is 12.8. The highest BCUT2D eigenvalue weighted by Crippen LogP contribution is 2.67. The van der Waals surface area contributed by atoms with Crippen LogP contribution in [-0.4, -0.2) is 59.6 Å². The average Bonchev–Trinajstić information content (AvgIpc) is 3.32. The van der Waals surface area contributed by atoms with Crippen LogP contribution in [0.1, 0.15) is 107 Å². The molecule has 8 nitrogen and oxygen atoms in total. The Morgan fingerprint density at radius 3 is 2.27 bits per heavy atom. The molecule has 45 heavy (non-hydrogen) atoms. The lowest BCUT2D eigenvalue weighted by Gasteiger charge is -2.62. The summed E-state index contributed by atoms with van der Waals surface area (Å²) in [5.74, 6) is -0.595. The van der Waals surface area contributed by atoms with Crippen LogP contribution in [0.25, 0.3) is 0 Å². The fourth-order valence-electron chi connectivity index (χ4n) is 9.66. The van der Waals surface area contributed by atoms with Crippen molar-refractivity contribution in [3.8, 4) is 0 Å². The normalized spacial score (nSPS) is 35.9. The van der Waals surface area contributed by atoms with Crippen LogP contribution in [0.3, 0.4) is 0 Å². The van der Waals surface area contributed by atoms with Gasteiger partial charge < -0.3 is 24.4 Å². The third kappa shape index (κ3) is 6.18. The van der Waals surface area contributed by atoms with Gasteiger partial charge in [-0.2, -0.15) is 0 Å². The smallest absolute Gasteiger partial charge is 0.306 e. The van der Waals surface area contributed by atoms with Crippen LogP contribution in [0, 0.1) is 39.9 Å². The van der Waals surface area contributed by atoms with Crippen LogP contribution in [-0.2, 0) is 28.6 Å². The minimum Gasteiger partial charge on any atom is -0.469 e.